The molecule has 0 fully saturated rings. The third-order valence-electron chi connectivity index (χ3n) is 3.80. The number of benzene rings is 2. The van der Waals surface area contributed by atoms with E-state index in [9.17, 15) is 17.6 Å². The van der Waals surface area contributed by atoms with Crippen molar-refractivity contribution in [2.24, 2.45) is 0 Å². The first-order valence-corrected chi connectivity index (χ1v) is 9.59. The van der Waals surface area contributed by atoms with Gasteiger partial charge in [0.15, 0.2) is 9.84 Å². The van der Waals surface area contributed by atoms with Gasteiger partial charge in [0, 0.05) is 30.9 Å². The second kappa shape index (κ2) is 7.09. The van der Waals surface area contributed by atoms with E-state index in [1.54, 1.807) is 12.5 Å². The van der Waals surface area contributed by atoms with Crippen molar-refractivity contribution in [1.29, 1.82) is 0 Å². The van der Waals surface area contributed by atoms with Gasteiger partial charge in [-0.05, 0) is 35.9 Å². The normalized spacial score (nSPS) is 11.3. The molecule has 1 aromatic heterocycles. The van der Waals surface area contributed by atoms with Gasteiger partial charge in [-0.25, -0.2) is 17.8 Å². The SMILES string of the molecule is CS(=O)(=O)c1ccc(F)c(C(=O)NCc2ccc(-n3ccnc3)cc2)c1. The van der Waals surface area contributed by atoms with Crippen molar-refractivity contribution >= 4 is 15.7 Å². The minimum Gasteiger partial charge on any atom is -0.348 e. The Morgan fingerprint density at radius 3 is 2.54 bits per heavy atom. The minimum absolute atomic E-state index is 0.103. The van der Waals surface area contributed by atoms with Crippen molar-refractivity contribution in [3.05, 3.63) is 78.1 Å². The molecular weight excluding hydrogens is 357 g/mol. The molecular formula is C18H16FN3O3S. The molecule has 1 amide bonds. The van der Waals surface area contributed by atoms with Gasteiger partial charge < -0.3 is 9.88 Å². The number of amides is 1. The van der Waals surface area contributed by atoms with Crippen LogP contribution in [0.3, 0.4) is 0 Å². The van der Waals surface area contributed by atoms with E-state index in [0.29, 0.717) is 0 Å². The maximum Gasteiger partial charge on any atom is 0.254 e. The molecule has 0 aliphatic heterocycles. The molecule has 6 nitrogen and oxygen atoms in total. The topological polar surface area (TPSA) is 81.1 Å². The van der Waals surface area contributed by atoms with Crippen molar-refractivity contribution in [1.82, 2.24) is 14.9 Å². The zero-order valence-electron chi connectivity index (χ0n) is 13.9. The monoisotopic (exact) mass is 373 g/mol. The van der Waals surface area contributed by atoms with Gasteiger partial charge in [0.25, 0.3) is 5.91 Å². The lowest BCUT2D eigenvalue weighted by Crippen LogP contribution is -2.24. The summed E-state index contributed by atoms with van der Waals surface area (Å²) in [4.78, 5) is 16.1. The Kier molecular flexibility index (Phi) is 4.85. The molecule has 0 saturated heterocycles. The average Bonchev–Trinajstić information content (AvgIpc) is 3.14. The average molecular weight is 373 g/mol. The third kappa shape index (κ3) is 3.97. The summed E-state index contributed by atoms with van der Waals surface area (Å²) in [6.07, 6.45) is 6.17. The summed E-state index contributed by atoms with van der Waals surface area (Å²) < 4.78 is 38.9. The number of sulfone groups is 1. The second-order valence-electron chi connectivity index (χ2n) is 5.73. The quantitative estimate of drug-likeness (QED) is 0.696. The Bertz CT molecular complexity index is 1030. The fraction of sp³-hybridized carbons (Fsp3) is 0.111. The fourth-order valence-electron chi connectivity index (χ4n) is 2.38. The number of hydrogen-bond acceptors (Lipinski definition) is 4. The highest BCUT2D eigenvalue weighted by atomic mass is 32.2. The predicted octanol–water partition coefficient (Wildman–Crippen LogP) is 2.34. The number of halogens is 1. The third-order valence-corrected chi connectivity index (χ3v) is 4.91. The smallest absolute Gasteiger partial charge is 0.254 e. The van der Waals surface area contributed by atoms with E-state index in [1.807, 2.05) is 35.0 Å². The molecule has 1 N–H and O–H groups in total. The Hall–Kier alpha value is -3.00. The first kappa shape index (κ1) is 17.8. The molecule has 134 valence electrons. The van der Waals surface area contributed by atoms with Crippen LogP contribution in [0, 0.1) is 5.82 Å². The first-order chi connectivity index (χ1) is 12.3. The van der Waals surface area contributed by atoms with Crippen LogP contribution in [-0.4, -0.2) is 30.1 Å². The summed E-state index contributed by atoms with van der Waals surface area (Å²) in [5.74, 6) is -1.45. The molecule has 0 bridgehead atoms. The molecule has 0 atom stereocenters. The number of rotatable bonds is 5. The van der Waals surface area contributed by atoms with Crippen LogP contribution >= 0.6 is 0 Å². The van der Waals surface area contributed by atoms with Gasteiger partial charge in [-0.1, -0.05) is 12.1 Å². The van der Waals surface area contributed by atoms with E-state index in [0.717, 1.165) is 35.7 Å². The van der Waals surface area contributed by atoms with Crippen molar-refractivity contribution in [3.8, 4) is 5.69 Å². The van der Waals surface area contributed by atoms with Crippen LogP contribution < -0.4 is 5.32 Å². The largest absolute Gasteiger partial charge is 0.348 e. The Morgan fingerprint density at radius 1 is 1.19 bits per heavy atom. The van der Waals surface area contributed by atoms with Gasteiger partial charge >= 0.3 is 0 Å². The van der Waals surface area contributed by atoms with Crippen LogP contribution in [0.2, 0.25) is 0 Å². The minimum atomic E-state index is -3.52. The van der Waals surface area contributed by atoms with E-state index in [-0.39, 0.29) is 17.0 Å². The van der Waals surface area contributed by atoms with Crippen LogP contribution in [0.4, 0.5) is 4.39 Å². The highest BCUT2D eigenvalue weighted by Gasteiger charge is 2.16. The zero-order chi connectivity index (χ0) is 18.7. The summed E-state index contributed by atoms with van der Waals surface area (Å²) in [6, 6.07) is 10.6. The van der Waals surface area contributed by atoms with E-state index in [1.165, 1.54) is 0 Å². The number of nitrogens with zero attached hydrogens (tertiary/aromatic N) is 2. The van der Waals surface area contributed by atoms with Crippen molar-refractivity contribution < 1.29 is 17.6 Å². The zero-order valence-corrected chi connectivity index (χ0v) is 14.7. The van der Waals surface area contributed by atoms with Crippen LogP contribution in [0.25, 0.3) is 5.69 Å². The number of nitrogens with one attached hydrogen (secondary N) is 1. The Labute approximate surface area is 150 Å². The maximum atomic E-state index is 13.9. The number of imidazole rings is 1. The highest BCUT2D eigenvalue weighted by molar-refractivity contribution is 7.90. The molecule has 26 heavy (non-hydrogen) atoms. The number of carbonyl (C=O) groups is 1. The van der Waals surface area contributed by atoms with Crippen LogP contribution in [0.1, 0.15) is 15.9 Å². The van der Waals surface area contributed by atoms with Crippen LogP contribution in [0.5, 0.6) is 0 Å². The number of carbonyl (C=O) groups excluding carboxylic acids is 1. The van der Waals surface area contributed by atoms with Gasteiger partial charge in [0.05, 0.1) is 16.8 Å². The van der Waals surface area contributed by atoms with Gasteiger partial charge in [0.2, 0.25) is 0 Å². The highest BCUT2D eigenvalue weighted by Crippen LogP contribution is 2.15. The molecule has 0 saturated carbocycles. The summed E-state index contributed by atoms with van der Waals surface area (Å²) in [6.45, 7) is 0.186. The summed E-state index contributed by atoms with van der Waals surface area (Å²) in [5.41, 5.74) is 1.44. The van der Waals surface area contributed by atoms with E-state index in [2.05, 4.69) is 10.3 Å². The van der Waals surface area contributed by atoms with Crippen molar-refractivity contribution in [2.75, 3.05) is 6.26 Å². The van der Waals surface area contributed by atoms with Crippen molar-refractivity contribution in [2.45, 2.75) is 11.4 Å². The van der Waals surface area contributed by atoms with Gasteiger partial charge in [0.1, 0.15) is 5.82 Å². The van der Waals surface area contributed by atoms with Gasteiger partial charge in [-0.2, -0.15) is 0 Å². The van der Waals surface area contributed by atoms with E-state index >= 15 is 0 Å². The summed E-state index contributed by atoms with van der Waals surface area (Å²) in [7, 11) is -3.52. The lowest BCUT2D eigenvalue weighted by Gasteiger charge is -2.09. The molecule has 3 aromatic rings. The molecule has 3 rings (SSSR count). The van der Waals surface area contributed by atoms with Crippen LogP contribution in [-0.2, 0) is 16.4 Å². The van der Waals surface area contributed by atoms with E-state index in [4.69, 9.17) is 0 Å². The number of hydrogen-bond donors (Lipinski definition) is 1. The Balaban J connectivity index is 1.71. The summed E-state index contributed by atoms with van der Waals surface area (Å²) >= 11 is 0. The van der Waals surface area contributed by atoms with Gasteiger partial charge in [-0.15, -0.1) is 0 Å². The van der Waals surface area contributed by atoms with Crippen molar-refractivity contribution in [3.63, 3.8) is 0 Å². The second-order valence-corrected chi connectivity index (χ2v) is 7.75. The molecule has 0 spiro atoms. The lowest BCUT2D eigenvalue weighted by molar-refractivity contribution is 0.0946. The van der Waals surface area contributed by atoms with E-state index < -0.39 is 21.6 Å². The van der Waals surface area contributed by atoms with Gasteiger partial charge in [-0.3, -0.25) is 4.79 Å². The lowest BCUT2D eigenvalue weighted by atomic mass is 10.1. The van der Waals surface area contributed by atoms with Crippen LogP contribution in [0.15, 0.2) is 66.1 Å². The standard InChI is InChI=1S/C18H16FN3O3S/c1-26(24,25)15-6-7-17(19)16(10-15)18(23)21-11-13-2-4-14(5-3-13)22-9-8-20-12-22/h2-10,12H,11H2,1H3,(H,21,23). The maximum absolute atomic E-state index is 13.9. The fourth-order valence-corrected chi connectivity index (χ4v) is 3.03. The summed E-state index contributed by atoms with van der Waals surface area (Å²) in [5, 5.41) is 2.60. The molecule has 0 aliphatic carbocycles. The molecule has 0 aliphatic rings. The number of aromatic nitrogens is 2. The predicted molar refractivity (Wildman–Crippen MR) is 94.2 cm³/mol. The Morgan fingerprint density at radius 2 is 1.92 bits per heavy atom. The molecule has 8 heteroatoms. The first-order valence-electron chi connectivity index (χ1n) is 7.70. The molecule has 0 radical (unpaired) electrons. The molecule has 0 unspecified atom stereocenters. The molecule has 2 aromatic carbocycles. The molecule has 1 heterocycles.